The van der Waals surface area contributed by atoms with Gasteiger partial charge in [0.1, 0.15) is 0 Å². The van der Waals surface area contributed by atoms with E-state index in [1.54, 1.807) is 0 Å². The van der Waals surface area contributed by atoms with Crippen molar-refractivity contribution < 1.29 is 0 Å². The van der Waals surface area contributed by atoms with Gasteiger partial charge in [-0.15, -0.1) is 0 Å². The monoisotopic (exact) mass is 877 g/mol. The summed E-state index contributed by atoms with van der Waals surface area (Å²) in [5.74, 6) is 0. The van der Waals surface area contributed by atoms with E-state index in [9.17, 15) is 0 Å². The highest BCUT2D eigenvalue weighted by molar-refractivity contribution is 6.22. The molecule has 0 spiro atoms. The van der Waals surface area contributed by atoms with Gasteiger partial charge < -0.3 is 4.90 Å². The Morgan fingerprint density at radius 2 is 0.536 bits per heavy atom. The molecule has 12 aromatic rings. The quantitative estimate of drug-likeness (QED) is 0.124. The van der Waals surface area contributed by atoms with Crippen molar-refractivity contribution in [1.82, 2.24) is 0 Å². The highest BCUT2D eigenvalue weighted by Crippen LogP contribution is 2.47. The van der Waals surface area contributed by atoms with E-state index >= 15 is 0 Å². The van der Waals surface area contributed by atoms with Crippen LogP contribution in [0.4, 0.5) is 17.1 Å². The van der Waals surface area contributed by atoms with Crippen LogP contribution in [0.5, 0.6) is 0 Å². The normalized spacial score (nSPS) is 11.2. The molecule has 0 N–H and O–H groups in total. The summed E-state index contributed by atoms with van der Waals surface area (Å²) in [5.41, 5.74) is 20.0. The molecule has 69 heavy (non-hydrogen) atoms. The molecule has 12 aromatic carbocycles. The third-order valence-electron chi connectivity index (χ3n) is 13.4. The van der Waals surface area contributed by atoms with Crippen molar-refractivity contribution in [2.45, 2.75) is 0 Å². The summed E-state index contributed by atoms with van der Waals surface area (Å²) < 4.78 is 0. The fourth-order valence-corrected chi connectivity index (χ4v) is 10.3. The Morgan fingerprint density at radius 3 is 1.09 bits per heavy atom. The van der Waals surface area contributed by atoms with E-state index in [0.717, 1.165) is 33.8 Å². The van der Waals surface area contributed by atoms with Crippen molar-refractivity contribution >= 4 is 38.6 Å². The predicted molar refractivity (Wildman–Crippen MR) is 294 cm³/mol. The molecule has 0 atom stereocenters. The number of fused-ring (bicyclic) bond motifs is 3. The summed E-state index contributed by atoms with van der Waals surface area (Å²) in [7, 11) is 0. The van der Waals surface area contributed by atoms with E-state index in [4.69, 9.17) is 0 Å². The van der Waals surface area contributed by atoms with Gasteiger partial charge in [0, 0.05) is 17.1 Å². The summed E-state index contributed by atoms with van der Waals surface area (Å²) in [6, 6.07) is 104. The van der Waals surface area contributed by atoms with Gasteiger partial charge in [0.2, 0.25) is 0 Å². The molecule has 0 aliphatic rings. The van der Waals surface area contributed by atoms with E-state index in [1.807, 2.05) is 0 Å². The molecule has 0 aromatic heterocycles. The zero-order valence-corrected chi connectivity index (χ0v) is 38.1. The average molecular weight is 878 g/mol. The molecule has 0 saturated carbocycles. The van der Waals surface area contributed by atoms with Crippen molar-refractivity contribution in [3.63, 3.8) is 0 Å². The lowest BCUT2D eigenvalue weighted by Crippen LogP contribution is -2.10. The largest absolute Gasteiger partial charge is 0.310 e. The molecule has 0 amide bonds. The second-order valence-electron chi connectivity index (χ2n) is 17.6. The van der Waals surface area contributed by atoms with E-state index in [-0.39, 0.29) is 0 Å². The molecule has 0 unspecified atom stereocenters. The molecule has 0 heterocycles. The van der Waals surface area contributed by atoms with Crippen LogP contribution >= 0.6 is 0 Å². The van der Waals surface area contributed by atoms with Gasteiger partial charge >= 0.3 is 0 Å². The zero-order chi connectivity index (χ0) is 45.9. The Morgan fingerprint density at radius 1 is 0.174 bits per heavy atom. The van der Waals surface area contributed by atoms with Crippen LogP contribution in [0.2, 0.25) is 0 Å². The average Bonchev–Trinajstić information content (AvgIpc) is 3.44. The van der Waals surface area contributed by atoms with Crippen LogP contribution in [0.3, 0.4) is 0 Å². The molecule has 1 heteroatoms. The Bertz CT molecular complexity index is 3730. The molecule has 0 aliphatic carbocycles. The highest BCUT2D eigenvalue weighted by Gasteiger charge is 2.20. The first-order valence-corrected chi connectivity index (χ1v) is 23.7. The van der Waals surface area contributed by atoms with Gasteiger partial charge in [-0.1, -0.05) is 243 Å². The number of anilines is 3. The van der Waals surface area contributed by atoms with Crippen molar-refractivity contribution in [1.29, 1.82) is 0 Å². The second kappa shape index (κ2) is 18.3. The molecule has 0 aliphatic heterocycles. The fraction of sp³-hybridized carbons (Fsp3) is 0. The summed E-state index contributed by atoms with van der Waals surface area (Å²) >= 11 is 0. The van der Waals surface area contributed by atoms with E-state index in [1.165, 1.54) is 82.7 Å². The van der Waals surface area contributed by atoms with Crippen LogP contribution < -0.4 is 4.90 Å². The van der Waals surface area contributed by atoms with Crippen LogP contribution in [0.15, 0.2) is 285 Å². The van der Waals surface area contributed by atoms with Gasteiger partial charge in [0.25, 0.3) is 0 Å². The minimum Gasteiger partial charge on any atom is -0.310 e. The lowest BCUT2D eigenvalue weighted by Gasteiger charge is -2.27. The van der Waals surface area contributed by atoms with Gasteiger partial charge in [-0.3, -0.25) is 0 Å². The standard InChI is InChI=1S/C68H47N/c1-6-21-48(22-7-1)54-31-18-33-58(45-54)69(57-42-39-50(40-43-57)61-38-20-37-60(49-23-8-2-9-24-49)66(61)51-25-10-3-11-26-51)59-34-19-32-55(46-59)56-41-44-63-62-35-16-17-36-64(62)67(52-27-12-4-13-28-52)68(65(63)47-56)53-29-14-5-15-30-53/h1-47H. The molecule has 0 radical (unpaired) electrons. The minimum absolute atomic E-state index is 1.07. The maximum absolute atomic E-state index is 2.42. The van der Waals surface area contributed by atoms with Gasteiger partial charge in [0.05, 0.1) is 0 Å². The van der Waals surface area contributed by atoms with Gasteiger partial charge in [-0.25, -0.2) is 0 Å². The number of hydrogen-bond acceptors (Lipinski definition) is 1. The smallest absolute Gasteiger partial charge is 0.0467 e. The predicted octanol–water partition coefficient (Wildman–Crippen LogP) is 19.1. The van der Waals surface area contributed by atoms with Crippen LogP contribution in [-0.2, 0) is 0 Å². The third kappa shape index (κ3) is 7.97. The first-order chi connectivity index (χ1) is 34.2. The first-order valence-electron chi connectivity index (χ1n) is 23.7. The summed E-state index contributed by atoms with van der Waals surface area (Å²) in [6.45, 7) is 0. The topological polar surface area (TPSA) is 3.24 Å². The maximum atomic E-state index is 2.42. The maximum Gasteiger partial charge on any atom is 0.0467 e. The highest BCUT2D eigenvalue weighted by atomic mass is 15.1. The van der Waals surface area contributed by atoms with Crippen LogP contribution in [0.25, 0.3) is 99.4 Å². The van der Waals surface area contributed by atoms with Crippen LogP contribution in [0.1, 0.15) is 0 Å². The number of hydrogen-bond donors (Lipinski definition) is 0. The Hall–Kier alpha value is -9.04. The van der Waals surface area contributed by atoms with Crippen molar-refractivity contribution in [2.24, 2.45) is 0 Å². The Kier molecular flexibility index (Phi) is 11.0. The lowest BCUT2D eigenvalue weighted by molar-refractivity contribution is 1.28. The van der Waals surface area contributed by atoms with Crippen molar-refractivity contribution in [3.8, 4) is 77.9 Å². The molecule has 0 saturated heterocycles. The molecule has 1 nitrogen and oxygen atoms in total. The summed E-state index contributed by atoms with van der Waals surface area (Å²) in [5, 5.41) is 4.98. The summed E-state index contributed by atoms with van der Waals surface area (Å²) in [6.07, 6.45) is 0. The van der Waals surface area contributed by atoms with E-state index in [2.05, 4.69) is 290 Å². The van der Waals surface area contributed by atoms with Gasteiger partial charge in [0.15, 0.2) is 0 Å². The van der Waals surface area contributed by atoms with E-state index in [0.29, 0.717) is 0 Å². The molecule has 324 valence electrons. The SMILES string of the molecule is c1ccc(-c2cccc(N(c3ccc(-c4cccc(-c5ccccc5)c4-c4ccccc4)cc3)c3cccc(-c4ccc5c(c4)c(-c4ccccc4)c(-c4ccccc4)c4ccccc45)c3)c2)cc1. The minimum atomic E-state index is 1.07. The fourth-order valence-electron chi connectivity index (χ4n) is 10.3. The number of benzene rings is 12. The number of nitrogens with zero attached hydrogens (tertiary/aromatic N) is 1. The van der Waals surface area contributed by atoms with Gasteiger partial charge in [-0.05, 0) is 142 Å². The Balaban J connectivity index is 1.02. The number of rotatable bonds is 10. The molecule has 0 bridgehead atoms. The van der Waals surface area contributed by atoms with Gasteiger partial charge in [-0.2, -0.15) is 0 Å². The van der Waals surface area contributed by atoms with E-state index < -0.39 is 0 Å². The van der Waals surface area contributed by atoms with Crippen molar-refractivity contribution in [2.75, 3.05) is 4.90 Å². The lowest BCUT2D eigenvalue weighted by atomic mass is 9.84. The van der Waals surface area contributed by atoms with Crippen LogP contribution in [-0.4, -0.2) is 0 Å². The second-order valence-corrected chi connectivity index (χ2v) is 17.6. The molecular formula is C68H47N. The first kappa shape index (κ1) is 41.4. The van der Waals surface area contributed by atoms with Crippen molar-refractivity contribution in [3.05, 3.63) is 285 Å². The molecule has 12 rings (SSSR count). The van der Waals surface area contributed by atoms with Crippen LogP contribution in [0, 0.1) is 0 Å². The third-order valence-corrected chi connectivity index (χ3v) is 13.4. The zero-order valence-electron chi connectivity index (χ0n) is 38.1. The summed E-state index contributed by atoms with van der Waals surface area (Å²) in [4.78, 5) is 2.40. The molecule has 0 fully saturated rings. The Labute approximate surface area is 404 Å². The molecular weight excluding hydrogens is 831 g/mol.